The van der Waals surface area contributed by atoms with Crippen LogP contribution in [0.1, 0.15) is 50.7 Å². The number of nitrogens with zero attached hydrogens (tertiary/aromatic N) is 2. The lowest BCUT2D eigenvalue weighted by Gasteiger charge is -2.22. The zero-order chi connectivity index (χ0) is 27.4. The van der Waals surface area contributed by atoms with Gasteiger partial charge in [-0.1, -0.05) is 61.9 Å². The number of unbranched alkanes of at least 4 members (excludes halogenated alkanes) is 1. The fraction of sp³-hybridized carbons (Fsp3) is 0.321. The zero-order valence-corrected chi connectivity index (χ0v) is 21.7. The van der Waals surface area contributed by atoms with Gasteiger partial charge in [0.15, 0.2) is 0 Å². The Labute approximate surface area is 217 Å². The maximum absolute atomic E-state index is 11.6. The molecule has 0 atom stereocenters. The molecule has 0 aliphatic heterocycles. The van der Waals surface area contributed by atoms with Gasteiger partial charge in [-0.2, -0.15) is 0 Å². The number of allylic oxidation sites excluding steroid dienone is 1. The van der Waals surface area contributed by atoms with Crippen molar-refractivity contribution >= 4 is 30.0 Å². The molecule has 3 N–H and O–H groups in total. The Morgan fingerprint density at radius 2 is 1.84 bits per heavy atom. The maximum atomic E-state index is 11.6. The van der Waals surface area contributed by atoms with E-state index in [-0.39, 0.29) is 12.3 Å². The molecule has 0 unspecified atom stereocenters. The van der Waals surface area contributed by atoms with E-state index in [0.29, 0.717) is 29.7 Å². The lowest BCUT2D eigenvalue weighted by molar-refractivity contribution is -0.140. The lowest BCUT2D eigenvalue weighted by atomic mass is 9.98. The van der Waals surface area contributed by atoms with E-state index in [0.717, 1.165) is 41.8 Å². The van der Waals surface area contributed by atoms with Crippen molar-refractivity contribution in [3.05, 3.63) is 70.9 Å². The van der Waals surface area contributed by atoms with Crippen molar-refractivity contribution < 1.29 is 24.2 Å². The van der Waals surface area contributed by atoms with Crippen LogP contribution in [0.2, 0.25) is 0 Å². The molecule has 0 saturated carbocycles. The second-order valence-corrected chi connectivity index (χ2v) is 8.52. The molecule has 9 heteroatoms. The van der Waals surface area contributed by atoms with Gasteiger partial charge in [-0.25, -0.2) is 9.79 Å². The third kappa shape index (κ3) is 8.71. The number of carbonyl (C=O) groups is 3. The van der Waals surface area contributed by atoms with Crippen LogP contribution in [-0.2, 0) is 20.9 Å². The van der Waals surface area contributed by atoms with Crippen molar-refractivity contribution in [3.8, 4) is 11.1 Å². The Bertz CT molecular complexity index is 1190. The van der Waals surface area contributed by atoms with Crippen molar-refractivity contribution in [1.82, 2.24) is 10.2 Å². The average Bonchev–Trinajstić information content (AvgIpc) is 2.89. The highest BCUT2D eigenvalue weighted by Crippen LogP contribution is 2.25. The van der Waals surface area contributed by atoms with E-state index in [4.69, 9.17) is 15.5 Å². The molecule has 0 aromatic heterocycles. The van der Waals surface area contributed by atoms with E-state index in [2.05, 4.69) is 17.0 Å². The van der Waals surface area contributed by atoms with E-state index >= 15 is 0 Å². The number of amides is 1. The van der Waals surface area contributed by atoms with Crippen LogP contribution in [0.4, 0.5) is 4.79 Å². The summed E-state index contributed by atoms with van der Waals surface area (Å²) in [6, 6.07) is 15.0. The number of nitrogens with one attached hydrogen (secondary N) is 2. The summed E-state index contributed by atoms with van der Waals surface area (Å²) in [6.45, 7) is 4.38. The number of ether oxygens (including phenoxy) is 1. The number of esters is 1. The summed E-state index contributed by atoms with van der Waals surface area (Å²) in [7, 11) is 3.22. The molecule has 0 spiro atoms. The van der Waals surface area contributed by atoms with E-state index in [9.17, 15) is 14.4 Å². The molecule has 0 bridgehead atoms. The Kier molecular flexibility index (Phi) is 11.2. The van der Waals surface area contributed by atoms with Crippen molar-refractivity contribution in [3.63, 3.8) is 0 Å². The Morgan fingerprint density at radius 1 is 1.16 bits per heavy atom. The van der Waals surface area contributed by atoms with E-state index < -0.39 is 12.1 Å². The van der Waals surface area contributed by atoms with Crippen LogP contribution in [0.25, 0.3) is 11.1 Å². The molecule has 0 heterocycles. The molecular weight excluding hydrogens is 472 g/mol. The van der Waals surface area contributed by atoms with Gasteiger partial charge in [0.25, 0.3) is 0 Å². The first-order valence-corrected chi connectivity index (χ1v) is 12.0. The maximum Gasteiger partial charge on any atom is 0.410 e. The second kappa shape index (κ2) is 14.3. The summed E-state index contributed by atoms with van der Waals surface area (Å²) in [5.74, 6) is 0.135. The first-order chi connectivity index (χ1) is 17.7. The predicted molar refractivity (Wildman–Crippen MR) is 144 cm³/mol. The summed E-state index contributed by atoms with van der Waals surface area (Å²) in [5, 5.41) is 19.1. The van der Waals surface area contributed by atoms with Gasteiger partial charge in [0, 0.05) is 36.8 Å². The number of aldehydes is 1. The molecule has 37 heavy (non-hydrogen) atoms. The standard InChI is InChI=1S/C28H34N4O5/c1-5-6-11-25(30-19(2)22(18-33)16-26(34)37-4)32(3)17-20-12-14-21(15-13-20)23-9-7-8-10-24(23)27(29)31-28(35)36/h7-10,12-15,18H,5-6,11,16-17H2,1-4H3,(H2,29,31)(H,35,36)/b22-19-,30-25?. The van der Waals surface area contributed by atoms with Crippen LogP contribution in [0.3, 0.4) is 0 Å². The minimum absolute atomic E-state index is 0.123. The van der Waals surface area contributed by atoms with Crippen molar-refractivity contribution in [2.75, 3.05) is 14.2 Å². The highest BCUT2D eigenvalue weighted by Gasteiger charge is 2.14. The van der Waals surface area contributed by atoms with Gasteiger partial charge in [-0.05, 0) is 30.0 Å². The quantitative estimate of drug-likeness (QED) is 0.129. The predicted octanol–water partition coefficient (Wildman–Crippen LogP) is 5.00. The van der Waals surface area contributed by atoms with Crippen LogP contribution < -0.4 is 5.32 Å². The van der Waals surface area contributed by atoms with Gasteiger partial charge < -0.3 is 14.7 Å². The molecule has 0 aliphatic rings. The molecule has 0 aliphatic carbocycles. The molecule has 196 valence electrons. The monoisotopic (exact) mass is 506 g/mol. The van der Waals surface area contributed by atoms with Crippen LogP contribution in [0.15, 0.2) is 64.8 Å². The summed E-state index contributed by atoms with van der Waals surface area (Å²) in [5.41, 5.74) is 3.90. The fourth-order valence-corrected chi connectivity index (χ4v) is 3.70. The van der Waals surface area contributed by atoms with Crippen molar-refractivity contribution in [2.45, 2.75) is 46.1 Å². The molecule has 0 fully saturated rings. The minimum atomic E-state index is -1.28. The molecule has 0 radical (unpaired) electrons. The van der Waals surface area contributed by atoms with Gasteiger partial charge in [0.1, 0.15) is 18.0 Å². The molecule has 9 nitrogen and oxygen atoms in total. The number of rotatable bonds is 11. The van der Waals surface area contributed by atoms with Crippen molar-refractivity contribution in [1.29, 1.82) is 5.41 Å². The highest BCUT2D eigenvalue weighted by atomic mass is 16.5. The first kappa shape index (κ1) is 29.0. The highest BCUT2D eigenvalue weighted by molar-refractivity contribution is 6.08. The van der Waals surface area contributed by atoms with Crippen molar-refractivity contribution in [2.24, 2.45) is 4.99 Å². The van der Waals surface area contributed by atoms with Gasteiger partial charge in [0.2, 0.25) is 0 Å². The summed E-state index contributed by atoms with van der Waals surface area (Å²) >= 11 is 0. The molecule has 2 aromatic carbocycles. The lowest BCUT2D eigenvalue weighted by Crippen LogP contribution is -2.29. The number of hydrogen-bond acceptors (Lipinski definition) is 6. The van der Waals surface area contributed by atoms with E-state index in [1.54, 1.807) is 19.1 Å². The van der Waals surface area contributed by atoms with E-state index in [1.807, 2.05) is 48.3 Å². The van der Waals surface area contributed by atoms with Gasteiger partial charge in [-0.15, -0.1) is 0 Å². The van der Waals surface area contributed by atoms with Gasteiger partial charge in [-0.3, -0.25) is 20.3 Å². The first-order valence-electron chi connectivity index (χ1n) is 12.0. The fourth-order valence-electron chi connectivity index (χ4n) is 3.70. The number of carboxylic acid groups (broad SMARTS) is 1. The Balaban J connectivity index is 2.28. The number of carbonyl (C=O) groups excluding carboxylic acids is 2. The normalized spacial score (nSPS) is 11.8. The van der Waals surface area contributed by atoms with Crippen LogP contribution in [0, 0.1) is 5.41 Å². The summed E-state index contributed by atoms with van der Waals surface area (Å²) in [4.78, 5) is 40.9. The average molecular weight is 507 g/mol. The van der Waals surface area contributed by atoms with Gasteiger partial charge >= 0.3 is 12.1 Å². The molecule has 2 rings (SSSR count). The number of methoxy groups -OCH3 is 1. The second-order valence-electron chi connectivity index (χ2n) is 8.52. The summed E-state index contributed by atoms with van der Waals surface area (Å²) in [6.07, 6.45) is 1.87. The topological polar surface area (TPSA) is 132 Å². The molecule has 0 saturated heterocycles. The van der Waals surface area contributed by atoms with E-state index in [1.165, 1.54) is 7.11 Å². The third-order valence-electron chi connectivity index (χ3n) is 5.77. The number of benzene rings is 2. The zero-order valence-electron chi connectivity index (χ0n) is 21.7. The van der Waals surface area contributed by atoms with Crippen LogP contribution >= 0.6 is 0 Å². The number of aliphatic imine (C=N–C) groups is 1. The molecule has 1 amide bonds. The Hall–Kier alpha value is -4.27. The largest absolute Gasteiger partial charge is 0.469 e. The minimum Gasteiger partial charge on any atom is -0.469 e. The molecular formula is C28H34N4O5. The number of hydrogen-bond donors (Lipinski definition) is 3. The number of amidine groups is 2. The summed E-state index contributed by atoms with van der Waals surface area (Å²) < 4.78 is 4.68. The third-order valence-corrected chi connectivity index (χ3v) is 5.77. The smallest absolute Gasteiger partial charge is 0.410 e. The molecule has 2 aromatic rings. The van der Waals surface area contributed by atoms with Gasteiger partial charge in [0.05, 0.1) is 13.5 Å². The van der Waals surface area contributed by atoms with Crippen LogP contribution in [-0.4, -0.2) is 54.2 Å². The Morgan fingerprint density at radius 3 is 2.43 bits per heavy atom. The van der Waals surface area contributed by atoms with Crippen LogP contribution in [0.5, 0.6) is 0 Å². The SMILES string of the molecule is CCCCC(=N/C(C)=C(\C=O)CC(=O)OC)N(C)Cc1ccc(-c2ccccc2C(=N)NC(=O)O)cc1.